The summed E-state index contributed by atoms with van der Waals surface area (Å²) in [7, 11) is -2.06. The first-order valence-electron chi connectivity index (χ1n) is 12.0. The molecule has 0 amide bonds. The van der Waals surface area contributed by atoms with Crippen molar-refractivity contribution in [3.8, 4) is 0 Å². The van der Waals surface area contributed by atoms with Gasteiger partial charge in [0.15, 0.2) is 0 Å². The fourth-order valence-corrected chi connectivity index (χ4v) is 13.4. The lowest BCUT2D eigenvalue weighted by Crippen LogP contribution is -2.55. The van der Waals surface area contributed by atoms with E-state index in [-0.39, 0.29) is 5.97 Å². The molecule has 0 saturated heterocycles. The highest BCUT2D eigenvalue weighted by Gasteiger charge is 2.57. The standard InChI is InChI=1S/C23H42O2Si/c1-2-3-19-23(24)25-26(20-13-7-4-8-14-20,21-15-9-5-10-16-21)22-17-11-6-12-18-22/h20-22H,2-19H2,1H3. The SMILES string of the molecule is CCCCC(=O)O[Si](C1CCCCC1)(C1CCCCC1)C1CCCCC1. The largest absolute Gasteiger partial charge is 0.518 e. The van der Waals surface area contributed by atoms with Crippen LogP contribution >= 0.6 is 0 Å². The molecule has 0 aromatic heterocycles. The molecule has 3 fully saturated rings. The molecule has 0 bridgehead atoms. The van der Waals surface area contributed by atoms with Crippen molar-refractivity contribution < 1.29 is 9.22 Å². The maximum Gasteiger partial charge on any atom is 0.292 e. The van der Waals surface area contributed by atoms with Gasteiger partial charge in [0.25, 0.3) is 14.3 Å². The van der Waals surface area contributed by atoms with E-state index in [1.807, 2.05) is 0 Å². The zero-order valence-corrected chi connectivity index (χ0v) is 18.3. The van der Waals surface area contributed by atoms with Gasteiger partial charge in [-0.05, 0) is 61.6 Å². The molecule has 0 aromatic rings. The molecule has 0 unspecified atom stereocenters. The van der Waals surface area contributed by atoms with E-state index in [9.17, 15) is 4.79 Å². The van der Waals surface area contributed by atoms with Crippen LogP contribution in [0.1, 0.15) is 122 Å². The lowest BCUT2D eigenvalue weighted by molar-refractivity contribution is -0.136. The zero-order valence-electron chi connectivity index (χ0n) is 17.3. The van der Waals surface area contributed by atoms with E-state index in [1.165, 1.54) is 96.3 Å². The van der Waals surface area contributed by atoms with Gasteiger partial charge in [0.1, 0.15) is 0 Å². The maximum atomic E-state index is 13.0. The van der Waals surface area contributed by atoms with Crippen LogP contribution in [0, 0.1) is 0 Å². The van der Waals surface area contributed by atoms with Crippen LogP contribution < -0.4 is 0 Å². The molecule has 3 rings (SSSR count). The van der Waals surface area contributed by atoms with Crippen LogP contribution in [0.2, 0.25) is 16.6 Å². The van der Waals surface area contributed by atoms with Gasteiger partial charge in [-0.25, -0.2) is 0 Å². The van der Waals surface area contributed by atoms with Gasteiger partial charge in [0.2, 0.25) is 0 Å². The molecule has 3 aliphatic carbocycles. The molecular formula is C23H42O2Si. The van der Waals surface area contributed by atoms with Crippen molar-refractivity contribution in [3.05, 3.63) is 0 Å². The first-order valence-corrected chi connectivity index (χ1v) is 14.1. The highest BCUT2D eigenvalue weighted by Crippen LogP contribution is 2.57. The van der Waals surface area contributed by atoms with E-state index in [1.54, 1.807) is 0 Å². The molecule has 0 atom stereocenters. The highest BCUT2D eigenvalue weighted by molar-refractivity contribution is 6.79. The molecule has 0 aliphatic heterocycles. The minimum atomic E-state index is -2.06. The minimum Gasteiger partial charge on any atom is -0.518 e. The van der Waals surface area contributed by atoms with Gasteiger partial charge < -0.3 is 4.43 Å². The minimum absolute atomic E-state index is 0.181. The molecule has 0 spiro atoms. The lowest BCUT2D eigenvalue weighted by atomic mass is 9.98. The summed E-state index contributed by atoms with van der Waals surface area (Å²) in [5.41, 5.74) is 2.31. The summed E-state index contributed by atoms with van der Waals surface area (Å²) in [5, 5.41) is 0. The number of carbonyl (C=O) groups excluding carboxylic acids is 1. The smallest absolute Gasteiger partial charge is 0.292 e. The zero-order chi connectivity index (χ0) is 18.2. The summed E-state index contributed by atoms with van der Waals surface area (Å²) in [6.07, 6.45) is 23.4. The van der Waals surface area contributed by atoms with Gasteiger partial charge in [-0.1, -0.05) is 71.1 Å². The van der Waals surface area contributed by atoms with Crippen molar-refractivity contribution in [2.24, 2.45) is 0 Å². The lowest BCUT2D eigenvalue weighted by Gasteiger charge is -2.51. The Hall–Kier alpha value is -0.313. The summed E-state index contributed by atoms with van der Waals surface area (Å²) >= 11 is 0. The Morgan fingerprint density at radius 2 is 1.12 bits per heavy atom. The summed E-state index contributed by atoms with van der Waals surface area (Å²) in [6, 6.07) is 0. The molecule has 0 heterocycles. The van der Waals surface area contributed by atoms with Crippen LogP contribution in [-0.2, 0) is 9.22 Å². The third kappa shape index (κ3) is 4.75. The van der Waals surface area contributed by atoms with Gasteiger partial charge in [0.05, 0.1) is 0 Å². The normalized spacial score (nSPS) is 24.5. The van der Waals surface area contributed by atoms with Gasteiger partial charge in [0, 0.05) is 6.42 Å². The topological polar surface area (TPSA) is 26.3 Å². The van der Waals surface area contributed by atoms with Crippen molar-refractivity contribution >= 4 is 14.3 Å². The van der Waals surface area contributed by atoms with Gasteiger partial charge in [-0.15, -0.1) is 0 Å². The Bertz CT molecular complexity index is 372. The Morgan fingerprint density at radius 1 is 0.731 bits per heavy atom. The molecular weight excluding hydrogens is 336 g/mol. The average Bonchev–Trinajstić information content (AvgIpc) is 2.72. The first kappa shape index (κ1) is 20.4. The van der Waals surface area contributed by atoms with Crippen LogP contribution in [0.3, 0.4) is 0 Å². The molecule has 0 radical (unpaired) electrons. The predicted octanol–water partition coefficient (Wildman–Crippen LogP) is 7.67. The number of hydrogen-bond acceptors (Lipinski definition) is 2. The highest BCUT2D eigenvalue weighted by atomic mass is 28.4. The molecule has 3 heteroatoms. The second-order valence-electron chi connectivity index (χ2n) is 9.44. The van der Waals surface area contributed by atoms with E-state index in [0.717, 1.165) is 29.5 Å². The number of hydrogen-bond donors (Lipinski definition) is 0. The molecule has 0 aromatic carbocycles. The third-order valence-corrected chi connectivity index (χ3v) is 13.9. The maximum absolute atomic E-state index is 13.0. The van der Waals surface area contributed by atoms with Crippen molar-refractivity contribution in [1.82, 2.24) is 0 Å². The van der Waals surface area contributed by atoms with Gasteiger partial charge >= 0.3 is 0 Å². The molecule has 3 aliphatic rings. The second-order valence-corrected chi connectivity index (χ2v) is 13.8. The van der Waals surface area contributed by atoms with Crippen molar-refractivity contribution in [3.63, 3.8) is 0 Å². The predicted molar refractivity (Wildman–Crippen MR) is 112 cm³/mol. The fraction of sp³-hybridized carbons (Fsp3) is 0.957. The fourth-order valence-electron chi connectivity index (χ4n) is 6.48. The summed E-state index contributed by atoms with van der Waals surface area (Å²) in [4.78, 5) is 13.0. The summed E-state index contributed by atoms with van der Waals surface area (Å²) in [6.45, 7) is 2.18. The number of rotatable bonds is 7. The Labute approximate surface area is 163 Å². The van der Waals surface area contributed by atoms with E-state index in [4.69, 9.17) is 4.43 Å². The van der Waals surface area contributed by atoms with Crippen LogP contribution in [-0.4, -0.2) is 14.3 Å². The Kier molecular flexibility index (Phi) is 8.08. The summed E-state index contributed by atoms with van der Waals surface area (Å²) in [5.74, 6) is 0.181. The third-order valence-electron chi connectivity index (χ3n) is 7.75. The number of unbranched alkanes of at least 4 members (excludes halogenated alkanes) is 1. The Balaban J connectivity index is 1.89. The molecule has 26 heavy (non-hydrogen) atoms. The molecule has 150 valence electrons. The summed E-state index contributed by atoms with van der Waals surface area (Å²) < 4.78 is 6.86. The van der Waals surface area contributed by atoms with E-state index in [0.29, 0.717) is 6.42 Å². The monoisotopic (exact) mass is 378 g/mol. The van der Waals surface area contributed by atoms with E-state index < -0.39 is 8.32 Å². The quantitative estimate of drug-likeness (QED) is 0.425. The van der Waals surface area contributed by atoms with Gasteiger partial charge in [-0.3, -0.25) is 4.79 Å². The molecule has 2 nitrogen and oxygen atoms in total. The van der Waals surface area contributed by atoms with Crippen LogP contribution in [0.15, 0.2) is 0 Å². The van der Waals surface area contributed by atoms with E-state index >= 15 is 0 Å². The molecule has 3 saturated carbocycles. The Morgan fingerprint density at radius 3 is 1.46 bits per heavy atom. The average molecular weight is 379 g/mol. The second kappa shape index (κ2) is 10.3. The number of carbonyl (C=O) groups is 1. The van der Waals surface area contributed by atoms with Crippen molar-refractivity contribution in [2.45, 2.75) is 139 Å². The first-order chi connectivity index (χ1) is 12.8. The van der Waals surface area contributed by atoms with E-state index in [2.05, 4.69) is 6.92 Å². The van der Waals surface area contributed by atoms with Crippen molar-refractivity contribution in [1.29, 1.82) is 0 Å². The van der Waals surface area contributed by atoms with Crippen LogP contribution in [0.25, 0.3) is 0 Å². The van der Waals surface area contributed by atoms with Crippen LogP contribution in [0.5, 0.6) is 0 Å². The van der Waals surface area contributed by atoms with Crippen LogP contribution in [0.4, 0.5) is 0 Å². The molecule has 0 N–H and O–H groups in total. The van der Waals surface area contributed by atoms with Crippen molar-refractivity contribution in [2.75, 3.05) is 0 Å². The van der Waals surface area contributed by atoms with Gasteiger partial charge in [-0.2, -0.15) is 0 Å².